The van der Waals surface area contributed by atoms with Crippen molar-refractivity contribution >= 4 is 17.4 Å². The van der Waals surface area contributed by atoms with Gasteiger partial charge in [0.2, 0.25) is 0 Å². The van der Waals surface area contributed by atoms with Crippen LogP contribution in [0.1, 0.15) is 19.5 Å². The number of nitrogens with one attached hydrogen (secondary N) is 1. The maximum atomic E-state index is 6.28. The molecular formula is C15H19ClN4O. The van der Waals surface area contributed by atoms with Gasteiger partial charge >= 0.3 is 0 Å². The van der Waals surface area contributed by atoms with Gasteiger partial charge in [0.05, 0.1) is 17.7 Å². The van der Waals surface area contributed by atoms with Gasteiger partial charge in [0.25, 0.3) is 0 Å². The second-order valence-electron chi connectivity index (χ2n) is 5.13. The number of halogens is 1. The molecule has 0 saturated carbocycles. The summed E-state index contributed by atoms with van der Waals surface area (Å²) in [5.41, 5.74) is 4.15. The Morgan fingerprint density at radius 3 is 2.71 bits per heavy atom. The Morgan fingerprint density at radius 1 is 1.33 bits per heavy atom. The Labute approximate surface area is 129 Å². The summed E-state index contributed by atoms with van der Waals surface area (Å²) in [4.78, 5) is 8.98. The van der Waals surface area contributed by atoms with Crippen LogP contribution in [0.2, 0.25) is 5.02 Å². The van der Waals surface area contributed by atoms with Crippen LogP contribution in [0.25, 0.3) is 11.4 Å². The van der Waals surface area contributed by atoms with Gasteiger partial charge in [0.15, 0.2) is 5.82 Å². The van der Waals surface area contributed by atoms with E-state index in [9.17, 15) is 0 Å². The molecule has 3 N–H and O–H groups in total. The lowest BCUT2D eigenvalue weighted by atomic mass is 10.1. The second-order valence-corrected chi connectivity index (χ2v) is 5.53. The third-order valence-electron chi connectivity index (χ3n) is 2.96. The molecule has 0 aliphatic heterocycles. The highest BCUT2D eigenvalue weighted by atomic mass is 35.5. The summed E-state index contributed by atoms with van der Waals surface area (Å²) in [5.74, 6) is 7.67. The number of hydrazine groups is 1. The van der Waals surface area contributed by atoms with Crippen LogP contribution >= 0.6 is 11.6 Å². The van der Waals surface area contributed by atoms with E-state index in [1.54, 1.807) is 13.2 Å². The van der Waals surface area contributed by atoms with E-state index in [-0.39, 0.29) is 0 Å². The summed E-state index contributed by atoms with van der Waals surface area (Å²) in [6.07, 6.45) is 0.830. The van der Waals surface area contributed by atoms with Gasteiger partial charge < -0.3 is 10.2 Å². The van der Waals surface area contributed by atoms with Gasteiger partial charge in [-0.3, -0.25) is 0 Å². The normalized spacial score (nSPS) is 10.8. The topological polar surface area (TPSA) is 73.1 Å². The zero-order valence-electron chi connectivity index (χ0n) is 12.4. The summed E-state index contributed by atoms with van der Waals surface area (Å²) in [5, 5.41) is 0.541. The average Bonchev–Trinajstić information content (AvgIpc) is 2.45. The van der Waals surface area contributed by atoms with Crippen molar-refractivity contribution < 1.29 is 4.74 Å². The number of nitrogens with zero attached hydrogens (tertiary/aromatic N) is 2. The Bertz CT molecular complexity index is 631. The maximum absolute atomic E-state index is 6.28. The van der Waals surface area contributed by atoms with E-state index in [2.05, 4.69) is 29.2 Å². The number of aromatic nitrogens is 2. The van der Waals surface area contributed by atoms with Gasteiger partial charge in [-0.25, -0.2) is 15.8 Å². The number of benzene rings is 1. The van der Waals surface area contributed by atoms with Gasteiger partial charge in [0, 0.05) is 11.8 Å². The van der Waals surface area contributed by atoms with Gasteiger partial charge in [-0.15, -0.1) is 0 Å². The summed E-state index contributed by atoms with van der Waals surface area (Å²) >= 11 is 6.28. The SMILES string of the molecule is COc1cccc(Cl)c1-c1nc(CC(C)C)cc(NN)n1. The smallest absolute Gasteiger partial charge is 0.167 e. The minimum absolute atomic E-state index is 0.478. The first kappa shape index (κ1) is 15.5. The predicted octanol–water partition coefficient (Wildman–Crippen LogP) is 3.29. The van der Waals surface area contributed by atoms with E-state index in [1.807, 2.05) is 18.2 Å². The first-order chi connectivity index (χ1) is 10.0. The Hall–Kier alpha value is -1.85. The monoisotopic (exact) mass is 306 g/mol. The van der Waals surface area contributed by atoms with Crippen LogP contribution in [0.15, 0.2) is 24.3 Å². The first-order valence-electron chi connectivity index (χ1n) is 6.72. The number of methoxy groups -OCH3 is 1. The molecule has 6 heteroatoms. The van der Waals surface area contributed by atoms with Crippen molar-refractivity contribution in [1.82, 2.24) is 9.97 Å². The molecule has 2 rings (SSSR count). The van der Waals surface area contributed by atoms with Crippen molar-refractivity contribution in [3.63, 3.8) is 0 Å². The number of hydrogen-bond acceptors (Lipinski definition) is 5. The lowest BCUT2D eigenvalue weighted by Gasteiger charge is -2.12. The number of nitrogens with two attached hydrogens (primary N) is 1. The Balaban J connectivity index is 2.58. The highest BCUT2D eigenvalue weighted by molar-refractivity contribution is 6.33. The quantitative estimate of drug-likeness (QED) is 0.655. The maximum Gasteiger partial charge on any atom is 0.167 e. The molecule has 1 heterocycles. The molecule has 2 aromatic rings. The second kappa shape index (κ2) is 6.74. The summed E-state index contributed by atoms with van der Waals surface area (Å²) in [6, 6.07) is 7.28. The first-order valence-corrected chi connectivity index (χ1v) is 7.10. The number of ether oxygens (including phenoxy) is 1. The highest BCUT2D eigenvalue weighted by Crippen LogP contribution is 2.35. The Kier molecular flexibility index (Phi) is 4.98. The fourth-order valence-corrected chi connectivity index (χ4v) is 2.35. The van der Waals surface area contributed by atoms with Crippen LogP contribution < -0.4 is 16.0 Å². The van der Waals surface area contributed by atoms with Crippen LogP contribution in [0.5, 0.6) is 5.75 Å². The molecule has 0 saturated heterocycles. The molecule has 0 fully saturated rings. The van der Waals surface area contributed by atoms with Crippen molar-refractivity contribution in [3.05, 3.63) is 35.0 Å². The molecule has 0 spiro atoms. The number of hydrogen-bond donors (Lipinski definition) is 2. The van der Waals surface area contributed by atoms with Crippen molar-refractivity contribution in [1.29, 1.82) is 0 Å². The van der Waals surface area contributed by atoms with Crippen molar-refractivity contribution in [2.45, 2.75) is 20.3 Å². The molecular weight excluding hydrogens is 288 g/mol. The zero-order valence-corrected chi connectivity index (χ0v) is 13.1. The summed E-state index contributed by atoms with van der Waals surface area (Å²) in [6.45, 7) is 4.26. The fourth-order valence-electron chi connectivity index (χ4n) is 2.10. The summed E-state index contributed by atoms with van der Waals surface area (Å²) < 4.78 is 5.36. The predicted molar refractivity (Wildman–Crippen MR) is 85.4 cm³/mol. The molecule has 0 amide bonds. The average molecular weight is 307 g/mol. The van der Waals surface area contributed by atoms with Crippen molar-refractivity contribution in [2.24, 2.45) is 11.8 Å². The molecule has 21 heavy (non-hydrogen) atoms. The van der Waals surface area contributed by atoms with E-state index >= 15 is 0 Å². The molecule has 1 aromatic heterocycles. The fraction of sp³-hybridized carbons (Fsp3) is 0.333. The number of anilines is 1. The molecule has 0 aliphatic rings. The lowest BCUT2D eigenvalue weighted by molar-refractivity contribution is 0.416. The van der Waals surface area contributed by atoms with Crippen LogP contribution in [0.3, 0.4) is 0 Å². The van der Waals surface area contributed by atoms with Crippen LogP contribution in [0, 0.1) is 5.92 Å². The van der Waals surface area contributed by atoms with Crippen LogP contribution in [0.4, 0.5) is 5.82 Å². The molecule has 0 aliphatic carbocycles. The van der Waals surface area contributed by atoms with Gasteiger partial charge in [-0.05, 0) is 24.5 Å². The molecule has 1 aromatic carbocycles. The number of rotatable bonds is 5. The van der Waals surface area contributed by atoms with Gasteiger partial charge in [-0.2, -0.15) is 0 Å². The lowest BCUT2D eigenvalue weighted by Crippen LogP contribution is -2.11. The zero-order chi connectivity index (χ0) is 15.4. The van der Waals surface area contributed by atoms with Gasteiger partial charge in [0.1, 0.15) is 11.6 Å². The van der Waals surface area contributed by atoms with E-state index in [1.165, 1.54) is 0 Å². The third kappa shape index (κ3) is 3.62. The van der Waals surface area contributed by atoms with Crippen molar-refractivity contribution in [3.8, 4) is 17.1 Å². The molecule has 0 atom stereocenters. The largest absolute Gasteiger partial charge is 0.496 e. The highest BCUT2D eigenvalue weighted by Gasteiger charge is 2.15. The third-order valence-corrected chi connectivity index (χ3v) is 3.28. The Morgan fingerprint density at radius 2 is 2.10 bits per heavy atom. The van der Waals surface area contributed by atoms with E-state index in [0.717, 1.165) is 12.1 Å². The van der Waals surface area contributed by atoms with Crippen molar-refractivity contribution in [2.75, 3.05) is 12.5 Å². The number of nitrogen functional groups attached to an aromatic ring is 1. The van der Waals surface area contributed by atoms with Crippen LogP contribution in [-0.4, -0.2) is 17.1 Å². The van der Waals surface area contributed by atoms with E-state index in [4.69, 9.17) is 22.2 Å². The molecule has 0 bridgehead atoms. The molecule has 112 valence electrons. The van der Waals surface area contributed by atoms with Gasteiger partial charge in [-0.1, -0.05) is 31.5 Å². The molecule has 0 unspecified atom stereocenters. The molecule has 0 radical (unpaired) electrons. The summed E-state index contributed by atoms with van der Waals surface area (Å²) in [7, 11) is 1.59. The van der Waals surface area contributed by atoms with Crippen LogP contribution in [-0.2, 0) is 6.42 Å². The minimum Gasteiger partial charge on any atom is -0.496 e. The standard InChI is InChI=1S/C15H19ClN4O/c1-9(2)7-10-8-13(20-17)19-15(18-10)14-11(16)5-4-6-12(14)21-3/h4-6,8-9H,7,17H2,1-3H3,(H,18,19,20). The van der Waals surface area contributed by atoms with E-state index in [0.29, 0.717) is 33.9 Å². The van der Waals surface area contributed by atoms with E-state index < -0.39 is 0 Å². The minimum atomic E-state index is 0.478. The molecule has 5 nitrogen and oxygen atoms in total.